The molecule has 3 aliphatic rings. The van der Waals surface area contributed by atoms with E-state index in [-0.39, 0.29) is 28.0 Å². The zero-order valence-electron chi connectivity index (χ0n) is 28.9. The number of hydrogen-bond acceptors (Lipinski definition) is 4. The van der Waals surface area contributed by atoms with Gasteiger partial charge in [0.1, 0.15) is 5.82 Å². The van der Waals surface area contributed by atoms with Crippen LogP contribution in [0.4, 0.5) is 22.9 Å². The number of imidazole rings is 1. The fourth-order valence-electron chi connectivity index (χ4n) is 8.48. The number of aromatic nitrogens is 3. The summed E-state index contributed by atoms with van der Waals surface area (Å²) in [5.74, 6) is 2.10. The molecule has 9 heteroatoms. The Morgan fingerprint density at radius 3 is 2.21 bits per heavy atom. The van der Waals surface area contributed by atoms with Crippen molar-refractivity contribution in [2.24, 2.45) is 0 Å². The molecular weight excluding hydrogens is 848 g/mol. The zero-order valence-corrected chi connectivity index (χ0v) is 32.2. The van der Waals surface area contributed by atoms with E-state index in [9.17, 15) is 0 Å². The molecule has 6 aromatic carbocycles. The van der Waals surface area contributed by atoms with E-state index in [2.05, 4.69) is 166 Å². The number of rotatable bonds is 4. The van der Waals surface area contributed by atoms with Gasteiger partial charge in [0.25, 0.3) is 6.33 Å². The number of pyridine rings is 1. The maximum Gasteiger partial charge on any atom is 0.409 e. The van der Waals surface area contributed by atoms with E-state index in [1.807, 2.05) is 30.5 Å². The maximum atomic E-state index is 6.69. The van der Waals surface area contributed by atoms with Crippen molar-refractivity contribution in [2.45, 2.75) is 13.1 Å². The Hall–Kier alpha value is -5.69. The second-order valence-electron chi connectivity index (χ2n) is 14.1. The van der Waals surface area contributed by atoms with Gasteiger partial charge in [0.05, 0.1) is 16.7 Å². The molecule has 0 fully saturated rings. The molecule has 0 aliphatic carbocycles. The van der Waals surface area contributed by atoms with E-state index in [1.54, 1.807) is 0 Å². The predicted octanol–water partition coefficient (Wildman–Crippen LogP) is 7.29. The summed E-state index contributed by atoms with van der Waals surface area (Å²) in [6, 6.07) is 56.3. The number of benzene rings is 6. The number of anilines is 4. The van der Waals surface area contributed by atoms with Crippen molar-refractivity contribution < 1.29 is 30.4 Å². The summed E-state index contributed by atoms with van der Waals surface area (Å²) in [6.45, 7) is 4.71. The summed E-state index contributed by atoms with van der Waals surface area (Å²) < 4.78 is 11.0. The van der Waals surface area contributed by atoms with Gasteiger partial charge >= 0.3 is 6.98 Å². The van der Waals surface area contributed by atoms with Crippen LogP contribution < -0.4 is 34.8 Å². The minimum Gasteiger partial charge on any atom is -0.510 e. The molecule has 0 radical (unpaired) electrons. The van der Waals surface area contributed by atoms with E-state index in [0.717, 1.165) is 39.8 Å². The van der Waals surface area contributed by atoms with Crippen molar-refractivity contribution in [3.8, 4) is 34.0 Å². The fourth-order valence-corrected chi connectivity index (χ4v) is 11.4. The predicted molar refractivity (Wildman–Crippen MR) is 210 cm³/mol. The molecule has 0 saturated carbocycles. The molecule has 0 N–H and O–H groups in total. The van der Waals surface area contributed by atoms with Crippen LogP contribution in [0.5, 0.6) is 11.5 Å². The minimum atomic E-state index is -2.07. The zero-order chi connectivity index (χ0) is 34.6. The van der Waals surface area contributed by atoms with Gasteiger partial charge in [0.15, 0.2) is 0 Å². The number of para-hydroxylation sites is 3. The molecule has 0 unspecified atom stereocenters. The molecule has 0 saturated heterocycles. The second-order valence-corrected chi connectivity index (χ2v) is 18.4. The van der Waals surface area contributed by atoms with Crippen molar-refractivity contribution in [3.05, 3.63) is 164 Å². The second kappa shape index (κ2) is 11.9. The van der Waals surface area contributed by atoms with Crippen molar-refractivity contribution >= 4 is 64.8 Å². The Kier molecular flexibility index (Phi) is 7.20. The molecule has 3 aliphatic heterocycles. The minimum absolute atomic E-state index is 0. The molecule has 2 aromatic heterocycles. The Bertz CT molecular complexity index is 2740. The summed E-state index contributed by atoms with van der Waals surface area (Å²) in [5, 5.41) is 2.70. The SMILES string of the molecule is C[Si]1(C)c2ccc(Oc3[c-]c4c(cc3)N3B(c5ccccc5-c5ccccc53)N4c3ccccn3)[c-]c2-n2[c-][n+](-c3ccccc3)c3cccc1c32.[Pt]. The molecule has 5 heterocycles. The number of ether oxygens (including phenoxy) is 1. The average molecular weight is 879 g/mol. The fraction of sp³-hybridized carbons (Fsp3) is 0.0455. The first-order valence-electron chi connectivity index (χ1n) is 17.6. The van der Waals surface area contributed by atoms with Crippen LogP contribution in [0.2, 0.25) is 13.1 Å². The Morgan fingerprint density at radius 2 is 1.38 bits per heavy atom. The smallest absolute Gasteiger partial charge is 0.409 e. The summed E-state index contributed by atoms with van der Waals surface area (Å²) in [7, 11) is -2.07. The quantitative estimate of drug-likeness (QED) is 0.106. The first-order valence-corrected chi connectivity index (χ1v) is 20.6. The average Bonchev–Trinajstić information content (AvgIpc) is 3.75. The molecule has 0 bridgehead atoms. The first kappa shape index (κ1) is 32.0. The van der Waals surface area contributed by atoms with E-state index in [4.69, 9.17) is 9.72 Å². The third-order valence-electron chi connectivity index (χ3n) is 10.8. The summed E-state index contributed by atoms with van der Waals surface area (Å²) in [4.78, 5) is 9.54. The van der Waals surface area contributed by atoms with Gasteiger partial charge in [-0.3, -0.25) is 4.57 Å². The van der Waals surface area contributed by atoms with Crippen LogP contribution in [0.15, 0.2) is 146 Å². The molecule has 0 atom stereocenters. The summed E-state index contributed by atoms with van der Waals surface area (Å²) in [6.07, 6.45) is 5.53. The van der Waals surface area contributed by atoms with Gasteiger partial charge in [0, 0.05) is 58.1 Å². The van der Waals surface area contributed by atoms with Gasteiger partial charge in [-0.1, -0.05) is 115 Å². The molecule has 53 heavy (non-hydrogen) atoms. The van der Waals surface area contributed by atoms with Gasteiger partial charge in [-0.15, -0.1) is 35.5 Å². The largest absolute Gasteiger partial charge is 0.510 e. The van der Waals surface area contributed by atoms with Crippen LogP contribution in [-0.4, -0.2) is 24.6 Å². The molecule has 8 aromatic rings. The molecule has 256 valence electrons. The van der Waals surface area contributed by atoms with E-state index >= 15 is 0 Å². The van der Waals surface area contributed by atoms with Crippen molar-refractivity contribution in [1.82, 2.24) is 9.55 Å². The topological polar surface area (TPSA) is 37.4 Å². The van der Waals surface area contributed by atoms with Crippen LogP contribution in [0.1, 0.15) is 0 Å². The third-order valence-corrected chi connectivity index (χ3v) is 14.3. The number of hydrogen-bond donors (Lipinski definition) is 0. The van der Waals surface area contributed by atoms with Crippen LogP contribution in [0, 0.1) is 18.5 Å². The van der Waals surface area contributed by atoms with Crippen LogP contribution in [-0.2, 0) is 21.1 Å². The van der Waals surface area contributed by atoms with Gasteiger partial charge in [-0.05, 0) is 47.0 Å². The molecule has 0 spiro atoms. The monoisotopic (exact) mass is 878 g/mol. The van der Waals surface area contributed by atoms with E-state index in [0.29, 0.717) is 11.5 Å². The molecule has 0 amide bonds. The maximum absolute atomic E-state index is 6.69. The van der Waals surface area contributed by atoms with Crippen molar-refractivity contribution in [2.75, 3.05) is 9.62 Å². The Labute approximate surface area is 324 Å². The Balaban J connectivity index is 0.00000349. The van der Waals surface area contributed by atoms with Crippen LogP contribution >= 0.6 is 0 Å². The normalized spacial score (nSPS) is 14.1. The van der Waals surface area contributed by atoms with E-state index in [1.165, 1.54) is 32.5 Å². The van der Waals surface area contributed by atoms with E-state index < -0.39 is 8.07 Å². The Morgan fingerprint density at radius 1 is 0.642 bits per heavy atom. The van der Waals surface area contributed by atoms with Crippen molar-refractivity contribution in [3.63, 3.8) is 0 Å². The standard InChI is InChI=1S/C44H30BN5OSi.Pt/c1-52(2)41-25-23-32(28-40(41)48-29-47(30-13-4-3-5-14-30)38-19-12-20-42(52)44(38)48)51-31-22-24-37-39(27-31)50(43-21-10-11-26-46-43)45-35-17-8-6-15-33(35)34-16-7-9-18-36(34)49(37)45;/h3-26H,1-2H3;/q-2;. The van der Waals surface area contributed by atoms with Gasteiger partial charge in [-0.2, -0.15) is 6.07 Å². The number of nitrogens with zero attached hydrogens (tertiary/aromatic N) is 5. The first-order chi connectivity index (χ1) is 25.6. The van der Waals surface area contributed by atoms with Crippen LogP contribution in [0.3, 0.4) is 0 Å². The van der Waals surface area contributed by atoms with Gasteiger partial charge < -0.3 is 18.9 Å². The molecule has 6 nitrogen and oxygen atoms in total. The molecule has 11 rings (SSSR count). The summed E-state index contributed by atoms with van der Waals surface area (Å²) in [5.41, 5.74) is 11.2. The molecular formula is C44H30BN5OPtSi-2. The third kappa shape index (κ3) is 4.62. The number of fused-ring (bicyclic) bond motifs is 10. The van der Waals surface area contributed by atoms with Gasteiger partial charge in [0.2, 0.25) is 0 Å². The van der Waals surface area contributed by atoms with Crippen LogP contribution in [0.25, 0.3) is 33.5 Å². The van der Waals surface area contributed by atoms with Crippen molar-refractivity contribution in [1.29, 1.82) is 0 Å². The summed E-state index contributed by atoms with van der Waals surface area (Å²) >= 11 is 0. The van der Waals surface area contributed by atoms with Gasteiger partial charge in [-0.25, -0.2) is 4.98 Å².